The van der Waals surface area contributed by atoms with Crippen LogP contribution in [-0.2, 0) is 6.54 Å². The zero-order chi connectivity index (χ0) is 13.8. The second-order valence-electron chi connectivity index (χ2n) is 4.84. The topological polar surface area (TPSA) is 55.2 Å². The first-order valence-electron chi connectivity index (χ1n) is 6.84. The van der Waals surface area contributed by atoms with Gasteiger partial charge in [-0.15, -0.1) is 29.9 Å². The lowest BCUT2D eigenvalue weighted by molar-refractivity contribution is 0.229. The van der Waals surface area contributed by atoms with Crippen LogP contribution >= 0.6 is 24.8 Å². The average Bonchev–Trinajstić information content (AvgIpc) is 2.96. The summed E-state index contributed by atoms with van der Waals surface area (Å²) in [5.74, 6) is 0.805. The molecule has 122 valence electrons. The molecule has 1 aromatic heterocycles. The highest BCUT2D eigenvalue weighted by atomic mass is 35.5. The lowest BCUT2D eigenvalue weighted by Crippen LogP contribution is -2.43. The van der Waals surface area contributed by atoms with Crippen molar-refractivity contribution in [3.05, 3.63) is 36.2 Å². The van der Waals surface area contributed by atoms with Gasteiger partial charge in [0, 0.05) is 32.7 Å². The summed E-state index contributed by atoms with van der Waals surface area (Å²) in [6.07, 6.45) is 1.83. The van der Waals surface area contributed by atoms with Crippen LogP contribution in [0.15, 0.2) is 30.5 Å². The molecule has 0 radical (unpaired) electrons. The van der Waals surface area contributed by atoms with E-state index in [4.69, 9.17) is 4.74 Å². The van der Waals surface area contributed by atoms with Crippen LogP contribution < -0.4 is 10.1 Å². The quantitative estimate of drug-likeness (QED) is 0.910. The number of methoxy groups -OCH3 is 1. The predicted octanol–water partition coefficient (Wildman–Crippen LogP) is 1.52. The monoisotopic (exact) mass is 345 g/mol. The number of hydrogen-bond acceptors (Lipinski definition) is 5. The first-order valence-corrected chi connectivity index (χ1v) is 6.84. The molecule has 0 spiro atoms. The van der Waals surface area contributed by atoms with E-state index in [-0.39, 0.29) is 24.8 Å². The van der Waals surface area contributed by atoms with Gasteiger partial charge >= 0.3 is 0 Å². The van der Waals surface area contributed by atoms with Gasteiger partial charge < -0.3 is 10.1 Å². The Labute approximate surface area is 142 Å². The van der Waals surface area contributed by atoms with Crippen molar-refractivity contribution in [2.45, 2.75) is 6.54 Å². The van der Waals surface area contributed by atoms with E-state index in [2.05, 4.69) is 20.5 Å². The van der Waals surface area contributed by atoms with Crippen molar-refractivity contribution >= 4 is 24.8 Å². The summed E-state index contributed by atoms with van der Waals surface area (Å²) < 4.78 is 7.26. The minimum Gasteiger partial charge on any atom is -0.494 e. The number of halogens is 2. The van der Waals surface area contributed by atoms with Crippen molar-refractivity contribution in [2.24, 2.45) is 0 Å². The van der Waals surface area contributed by atoms with Gasteiger partial charge in [-0.05, 0) is 12.1 Å². The van der Waals surface area contributed by atoms with Gasteiger partial charge in [0.05, 0.1) is 19.0 Å². The summed E-state index contributed by atoms with van der Waals surface area (Å²) in [6, 6.07) is 7.86. The fourth-order valence-corrected chi connectivity index (χ4v) is 2.47. The smallest absolute Gasteiger partial charge is 0.144 e. The minimum absolute atomic E-state index is 0. The number of nitrogens with zero attached hydrogens (tertiary/aromatic N) is 4. The largest absolute Gasteiger partial charge is 0.494 e. The number of aromatic nitrogens is 3. The van der Waals surface area contributed by atoms with Gasteiger partial charge in [0.1, 0.15) is 11.4 Å². The molecule has 1 aliphatic rings. The molecule has 0 amide bonds. The molecule has 6 nitrogen and oxygen atoms in total. The Morgan fingerprint density at radius 2 is 1.91 bits per heavy atom. The first kappa shape index (κ1) is 18.7. The van der Waals surface area contributed by atoms with E-state index in [9.17, 15) is 0 Å². The molecule has 1 saturated heterocycles. The second kappa shape index (κ2) is 8.95. The lowest BCUT2D eigenvalue weighted by atomic mass is 10.2. The van der Waals surface area contributed by atoms with E-state index in [1.807, 2.05) is 35.1 Å². The fraction of sp³-hybridized carbons (Fsp3) is 0.429. The number of benzene rings is 1. The van der Waals surface area contributed by atoms with Crippen LogP contribution in [0, 0.1) is 0 Å². The Morgan fingerprint density at radius 3 is 2.64 bits per heavy atom. The standard InChI is InChI=1S/C14H19N5O.2ClH/c1-20-14-5-3-2-4-13(14)19-12(10-16-17-19)11-18-8-6-15-7-9-18;;/h2-5,10,15H,6-9,11H2,1H3;2*1H. The van der Waals surface area contributed by atoms with E-state index in [0.717, 1.165) is 49.9 Å². The minimum atomic E-state index is 0. The van der Waals surface area contributed by atoms with Crippen LogP contribution in [0.2, 0.25) is 0 Å². The van der Waals surface area contributed by atoms with Crippen LogP contribution in [-0.4, -0.2) is 53.2 Å². The van der Waals surface area contributed by atoms with E-state index in [0.29, 0.717) is 0 Å². The highest BCUT2D eigenvalue weighted by Gasteiger charge is 2.15. The molecule has 2 aromatic rings. The zero-order valence-electron chi connectivity index (χ0n) is 12.4. The molecule has 0 bridgehead atoms. The maximum absolute atomic E-state index is 5.40. The third-order valence-electron chi connectivity index (χ3n) is 3.53. The van der Waals surface area contributed by atoms with Crippen LogP contribution in [0.5, 0.6) is 5.75 Å². The molecule has 1 aliphatic heterocycles. The Balaban J connectivity index is 0.00000121. The highest BCUT2D eigenvalue weighted by molar-refractivity contribution is 5.85. The molecule has 2 heterocycles. The van der Waals surface area contributed by atoms with Crippen LogP contribution in [0.3, 0.4) is 0 Å². The molecule has 0 unspecified atom stereocenters. The van der Waals surface area contributed by atoms with E-state index in [1.165, 1.54) is 0 Å². The first-order chi connectivity index (χ1) is 9.88. The summed E-state index contributed by atoms with van der Waals surface area (Å²) in [7, 11) is 1.67. The molecule has 1 aromatic carbocycles. The van der Waals surface area contributed by atoms with Gasteiger partial charge in [-0.25, -0.2) is 4.68 Å². The number of para-hydroxylation sites is 2. The second-order valence-corrected chi connectivity index (χ2v) is 4.84. The third kappa shape index (κ3) is 4.10. The molecule has 22 heavy (non-hydrogen) atoms. The van der Waals surface area contributed by atoms with Gasteiger partial charge in [-0.2, -0.15) is 0 Å². The Morgan fingerprint density at radius 1 is 1.18 bits per heavy atom. The summed E-state index contributed by atoms with van der Waals surface area (Å²) in [6.45, 7) is 5.04. The lowest BCUT2D eigenvalue weighted by Gasteiger charge is -2.27. The Kier molecular flexibility index (Phi) is 7.61. The number of nitrogens with one attached hydrogen (secondary N) is 1. The normalized spacial score (nSPS) is 14.8. The van der Waals surface area contributed by atoms with Crippen LogP contribution in [0.1, 0.15) is 5.69 Å². The fourth-order valence-electron chi connectivity index (χ4n) is 2.47. The summed E-state index contributed by atoms with van der Waals surface area (Å²) >= 11 is 0. The van der Waals surface area contributed by atoms with Crippen molar-refractivity contribution in [1.82, 2.24) is 25.2 Å². The van der Waals surface area contributed by atoms with E-state index >= 15 is 0 Å². The van der Waals surface area contributed by atoms with Crippen LogP contribution in [0.25, 0.3) is 5.69 Å². The molecule has 0 aliphatic carbocycles. The van der Waals surface area contributed by atoms with Crippen molar-refractivity contribution in [3.63, 3.8) is 0 Å². The van der Waals surface area contributed by atoms with Gasteiger partial charge in [0.25, 0.3) is 0 Å². The number of hydrogen-bond donors (Lipinski definition) is 1. The van der Waals surface area contributed by atoms with E-state index < -0.39 is 0 Å². The van der Waals surface area contributed by atoms with Gasteiger partial charge in [0.15, 0.2) is 0 Å². The highest BCUT2D eigenvalue weighted by Crippen LogP contribution is 2.22. The third-order valence-corrected chi connectivity index (χ3v) is 3.53. The summed E-state index contributed by atoms with van der Waals surface area (Å²) in [4.78, 5) is 2.40. The molecule has 0 saturated carbocycles. The molecule has 8 heteroatoms. The predicted molar refractivity (Wildman–Crippen MR) is 90.6 cm³/mol. The molecule has 3 rings (SSSR count). The van der Waals surface area contributed by atoms with Crippen molar-refractivity contribution in [3.8, 4) is 11.4 Å². The molecule has 1 fully saturated rings. The molecular weight excluding hydrogens is 325 g/mol. The van der Waals surface area contributed by atoms with Crippen LogP contribution in [0.4, 0.5) is 0 Å². The average molecular weight is 346 g/mol. The molecular formula is C14H21Cl2N5O. The zero-order valence-corrected chi connectivity index (χ0v) is 14.1. The number of piperazine rings is 1. The summed E-state index contributed by atoms with van der Waals surface area (Å²) in [5, 5.41) is 11.6. The van der Waals surface area contributed by atoms with Gasteiger partial charge in [-0.1, -0.05) is 17.3 Å². The number of ether oxygens (including phenoxy) is 1. The van der Waals surface area contributed by atoms with Crippen molar-refractivity contribution in [1.29, 1.82) is 0 Å². The summed E-state index contributed by atoms with van der Waals surface area (Å²) in [5.41, 5.74) is 2.01. The maximum atomic E-state index is 5.40. The van der Waals surface area contributed by atoms with Crippen molar-refractivity contribution < 1.29 is 4.74 Å². The van der Waals surface area contributed by atoms with E-state index in [1.54, 1.807) is 7.11 Å². The number of rotatable bonds is 4. The Bertz CT molecular complexity index is 572. The molecule has 1 N–H and O–H groups in total. The van der Waals surface area contributed by atoms with Gasteiger partial charge in [-0.3, -0.25) is 4.90 Å². The molecule has 0 atom stereocenters. The van der Waals surface area contributed by atoms with Crippen molar-refractivity contribution in [2.75, 3.05) is 33.3 Å². The van der Waals surface area contributed by atoms with Gasteiger partial charge in [0.2, 0.25) is 0 Å². The SMILES string of the molecule is COc1ccccc1-n1nncc1CN1CCNCC1.Cl.Cl. The Hall–Kier alpha value is -1.34. The maximum Gasteiger partial charge on any atom is 0.144 e.